The number of hydrogen-bond donors (Lipinski definition) is 0. The van der Waals surface area contributed by atoms with Crippen LogP contribution in [0.15, 0.2) is 42.5 Å². The van der Waals surface area contributed by atoms with Crippen molar-refractivity contribution in [2.45, 2.75) is 32.6 Å². The Balaban J connectivity index is 2.00. The van der Waals surface area contributed by atoms with Gasteiger partial charge in [-0.15, -0.1) is 0 Å². The van der Waals surface area contributed by atoms with E-state index in [9.17, 15) is 4.79 Å². The highest BCUT2D eigenvalue weighted by atomic mass is 16.1. The number of carbonyl (C=O) groups excluding carboxylic acids is 1. The highest BCUT2D eigenvalue weighted by molar-refractivity contribution is 5.86. The molecule has 96 valence electrons. The van der Waals surface area contributed by atoms with Crippen molar-refractivity contribution in [3.63, 3.8) is 0 Å². The molecule has 2 aromatic carbocycles. The summed E-state index contributed by atoms with van der Waals surface area (Å²) in [5.41, 5.74) is 6.57. The molecule has 0 N–H and O–H groups in total. The van der Waals surface area contributed by atoms with Crippen LogP contribution >= 0.6 is 0 Å². The molecule has 1 heteroatoms. The van der Waals surface area contributed by atoms with Crippen LogP contribution in [0.3, 0.4) is 0 Å². The minimum atomic E-state index is 0.0130. The summed E-state index contributed by atoms with van der Waals surface area (Å²) >= 11 is 0. The molecule has 0 heterocycles. The highest BCUT2D eigenvalue weighted by Crippen LogP contribution is 2.37. The lowest BCUT2D eigenvalue weighted by Crippen LogP contribution is -2.07. The van der Waals surface area contributed by atoms with E-state index in [0.717, 1.165) is 12.0 Å². The molecular weight excluding hydrogens is 232 g/mol. The first kappa shape index (κ1) is 12.2. The molecule has 0 amide bonds. The zero-order chi connectivity index (χ0) is 13.4. The standard InChI is InChI=1S/C18H18O/c1-3-18(19)12(2)13-8-9-17-15(10-13)11-14-6-4-5-7-16(14)17/h4-10,12H,3,11H2,1-2H3. The van der Waals surface area contributed by atoms with Crippen molar-refractivity contribution in [1.82, 2.24) is 0 Å². The summed E-state index contributed by atoms with van der Waals surface area (Å²) in [5, 5.41) is 0. The molecule has 0 aliphatic heterocycles. The second-order valence-electron chi connectivity index (χ2n) is 5.29. The fourth-order valence-corrected chi connectivity index (χ4v) is 2.93. The fourth-order valence-electron chi connectivity index (χ4n) is 2.93. The van der Waals surface area contributed by atoms with Gasteiger partial charge in [-0.3, -0.25) is 4.79 Å². The van der Waals surface area contributed by atoms with Crippen LogP contribution < -0.4 is 0 Å². The van der Waals surface area contributed by atoms with Gasteiger partial charge in [-0.2, -0.15) is 0 Å². The van der Waals surface area contributed by atoms with Crippen molar-refractivity contribution in [3.05, 3.63) is 59.2 Å². The van der Waals surface area contributed by atoms with Gasteiger partial charge in [0.2, 0.25) is 0 Å². The van der Waals surface area contributed by atoms with Crippen LogP contribution in [-0.4, -0.2) is 5.78 Å². The molecule has 2 aromatic rings. The van der Waals surface area contributed by atoms with Gasteiger partial charge in [-0.25, -0.2) is 0 Å². The summed E-state index contributed by atoms with van der Waals surface area (Å²) in [5.74, 6) is 0.328. The van der Waals surface area contributed by atoms with E-state index in [2.05, 4.69) is 42.5 Å². The molecule has 3 rings (SSSR count). The molecule has 1 aliphatic carbocycles. The second kappa shape index (κ2) is 4.65. The van der Waals surface area contributed by atoms with Crippen LogP contribution in [0.4, 0.5) is 0 Å². The fraction of sp³-hybridized carbons (Fsp3) is 0.278. The highest BCUT2D eigenvalue weighted by Gasteiger charge is 2.20. The van der Waals surface area contributed by atoms with Gasteiger partial charge in [-0.1, -0.05) is 56.3 Å². The van der Waals surface area contributed by atoms with E-state index in [-0.39, 0.29) is 5.92 Å². The molecule has 1 atom stereocenters. The summed E-state index contributed by atoms with van der Waals surface area (Å²) in [7, 11) is 0. The largest absolute Gasteiger partial charge is 0.299 e. The maximum absolute atomic E-state index is 11.8. The van der Waals surface area contributed by atoms with Crippen LogP contribution in [0.2, 0.25) is 0 Å². The van der Waals surface area contributed by atoms with Crippen LogP contribution in [0.25, 0.3) is 11.1 Å². The van der Waals surface area contributed by atoms with Gasteiger partial charge in [0.1, 0.15) is 5.78 Å². The lowest BCUT2D eigenvalue weighted by atomic mass is 9.92. The molecule has 1 nitrogen and oxygen atoms in total. The molecule has 0 radical (unpaired) electrons. The Morgan fingerprint density at radius 1 is 1.11 bits per heavy atom. The molecule has 0 spiro atoms. The minimum Gasteiger partial charge on any atom is -0.299 e. The Hall–Kier alpha value is -1.89. The topological polar surface area (TPSA) is 17.1 Å². The van der Waals surface area contributed by atoms with E-state index < -0.39 is 0 Å². The summed E-state index contributed by atoms with van der Waals surface area (Å²) in [6, 6.07) is 15.1. The molecule has 0 bridgehead atoms. The SMILES string of the molecule is CCC(=O)C(C)c1ccc2c(c1)Cc1ccccc1-2. The number of hydrogen-bond acceptors (Lipinski definition) is 1. The zero-order valence-corrected chi connectivity index (χ0v) is 11.4. The molecule has 0 fully saturated rings. The third-order valence-corrected chi connectivity index (χ3v) is 4.15. The molecule has 0 saturated heterocycles. The first-order valence-corrected chi connectivity index (χ1v) is 6.94. The number of Topliss-reactive ketones (excluding diaryl/α,β-unsaturated/α-hetero) is 1. The maximum atomic E-state index is 11.8. The van der Waals surface area contributed by atoms with Crippen molar-refractivity contribution in [2.24, 2.45) is 0 Å². The van der Waals surface area contributed by atoms with Gasteiger partial charge in [0, 0.05) is 12.3 Å². The molecular formula is C18H18O. The molecule has 1 aliphatic rings. The first-order chi connectivity index (χ1) is 9.20. The zero-order valence-electron chi connectivity index (χ0n) is 11.4. The number of ketones is 1. The van der Waals surface area contributed by atoms with Crippen LogP contribution in [0.1, 0.15) is 42.9 Å². The predicted octanol–water partition coefficient (Wildman–Crippen LogP) is 4.34. The van der Waals surface area contributed by atoms with Crippen molar-refractivity contribution in [1.29, 1.82) is 0 Å². The molecule has 0 saturated carbocycles. The lowest BCUT2D eigenvalue weighted by Gasteiger charge is -2.11. The summed E-state index contributed by atoms with van der Waals surface area (Å²) in [4.78, 5) is 11.8. The predicted molar refractivity (Wildman–Crippen MR) is 78.4 cm³/mol. The molecule has 1 unspecified atom stereocenters. The third-order valence-electron chi connectivity index (χ3n) is 4.15. The number of carbonyl (C=O) groups is 1. The van der Waals surface area contributed by atoms with Crippen molar-refractivity contribution in [3.8, 4) is 11.1 Å². The van der Waals surface area contributed by atoms with E-state index in [0.29, 0.717) is 12.2 Å². The van der Waals surface area contributed by atoms with Gasteiger partial charge in [0.15, 0.2) is 0 Å². The third kappa shape index (κ3) is 1.99. The van der Waals surface area contributed by atoms with Gasteiger partial charge in [0.25, 0.3) is 0 Å². The van der Waals surface area contributed by atoms with Crippen LogP contribution in [0, 0.1) is 0 Å². The Bertz CT molecular complexity index is 640. The second-order valence-corrected chi connectivity index (χ2v) is 5.29. The van der Waals surface area contributed by atoms with Gasteiger partial charge in [0.05, 0.1) is 0 Å². The van der Waals surface area contributed by atoms with Crippen LogP contribution in [0.5, 0.6) is 0 Å². The maximum Gasteiger partial charge on any atom is 0.139 e. The van der Waals surface area contributed by atoms with Gasteiger partial charge < -0.3 is 0 Å². The number of benzene rings is 2. The number of fused-ring (bicyclic) bond motifs is 3. The normalized spacial score (nSPS) is 13.8. The minimum absolute atomic E-state index is 0.0130. The van der Waals surface area contributed by atoms with E-state index in [1.54, 1.807) is 0 Å². The first-order valence-electron chi connectivity index (χ1n) is 6.94. The summed E-state index contributed by atoms with van der Waals surface area (Å²) in [6.07, 6.45) is 1.60. The average molecular weight is 250 g/mol. The Morgan fingerprint density at radius 3 is 2.63 bits per heavy atom. The van der Waals surface area contributed by atoms with E-state index >= 15 is 0 Å². The summed E-state index contributed by atoms with van der Waals surface area (Å²) in [6.45, 7) is 3.94. The molecule has 19 heavy (non-hydrogen) atoms. The van der Waals surface area contributed by atoms with Crippen molar-refractivity contribution < 1.29 is 4.79 Å². The lowest BCUT2D eigenvalue weighted by molar-refractivity contribution is -0.119. The Labute approximate surface area is 114 Å². The average Bonchev–Trinajstić information content (AvgIpc) is 2.83. The van der Waals surface area contributed by atoms with Gasteiger partial charge in [-0.05, 0) is 34.2 Å². The summed E-state index contributed by atoms with van der Waals surface area (Å²) < 4.78 is 0. The van der Waals surface area contributed by atoms with Crippen LogP contribution in [-0.2, 0) is 11.2 Å². The van der Waals surface area contributed by atoms with Crippen molar-refractivity contribution >= 4 is 5.78 Å². The Morgan fingerprint density at radius 2 is 1.84 bits per heavy atom. The quantitative estimate of drug-likeness (QED) is 0.675. The van der Waals surface area contributed by atoms with E-state index in [4.69, 9.17) is 0 Å². The van der Waals surface area contributed by atoms with Crippen molar-refractivity contribution in [2.75, 3.05) is 0 Å². The van der Waals surface area contributed by atoms with Gasteiger partial charge >= 0.3 is 0 Å². The van der Waals surface area contributed by atoms with E-state index in [1.165, 1.54) is 22.3 Å². The van der Waals surface area contributed by atoms with E-state index in [1.807, 2.05) is 13.8 Å². The molecule has 0 aromatic heterocycles. The smallest absolute Gasteiger partial charge is 0.139 e. The monoisotopic (exact) mass is 250 g/mol. The number of rotatable bonds is 3. The Kier molecular flexibility index (Phi) is 2.98.